The normalized spacial score (nSPS) is 13.0. The number of halogens is 1. The lowest BCUT2D eigenvalue weighted by molar-refractivity contribution is -0.885. The summed E-state index contributed by atoms with van der Waals surface area (Å²) in [6, 6.07) is 14.7. The molecule has 0 aliphatic heterocycles. The maximum absolute atomic E-state index is 12.3. The molecule has 0 radical (unpaired) electrons. The summed E-state index contributed by atoms with van der Waals surface area (Å²) in [4.78, 5) is 25.3. The van der Waals surface area contributed by atoms with Gasteiger partial charge in [-0.2, -0.15) is 0 Å². The van der Waals surface area contributed by atoms with Crippen LogP contribution in [0.1, 0.15) is 12.5 Å². The van der Waals surface area contributed by atoms with Gasteiger partial charge in [0.2, 0.25) is 0 Å². The average Bonchev–Trinajstić information content (AvgIpc) is 2.58. The van der Waals surface area contributed by atoms with Gasteiger partial charge < -0.3 is 15.5 Å². The Morgan fingerprint density at radius 1 is 1.00 bits per heavy atom. The van der Waals surface area contributed by atoms with E-state index in [-0.39, 0.29) is 24.4 Å². The first-order chi connectivity index (χ1) is 11.8. The fourth-order valence-corrected chi connectivity index (χ4v) is 2.52. The highest BCUT2D eigenvalue weighted by atomic mass is 79.9. The SMILES string of the molecule is Cc1ccc(NC(=O)C[NH+](C)[C@@H](C)C(=O)Nc2ccc(Br)cc2)cc1. The Morgan fingerprint density at radius 3 is 2.12 bits per heavy atom. The fraction of sp³-hybridized carbons (Fsp3) is 0.263. The number of anilines is 2. The molecule has 25 heavy (non-hydrogen) atoms. The van der Waals surface area contributed by atoms with Crippen LogP contribution in [0.15, 0.2) is 53.0 Å². The van der Waals surface area contributed by atoms with Crippen molar-refractivity contribution in [3.05, 3.63) is 58.6 Å². The van der Waals surface area contributed by atoms with Crippen molar-refractivity contribution in [2.24, 2.45) is 0 Å². The van der Waals surface area contributed by atoms with Crippen LogP contribution in [0.4, 0.5) is 11.4 Å². The molecule has 132 valence electrons. The van der Waals surface area contributed by atoms with E-state index in [2.05, 4.69) is 26.6 Å². The largest absolute Gasteiger partial charge is 0.321 e. The first-order valence-electron chi connectivity index (χ1n) is 8.10. The lowest BCUT2D eigenvalue weighted by Crippen LogP contribution is -3.14. The highest BCUT2D eigenvalue weighted by Gasteiger charge is 2.24. The lowest BCUT2D eigenvalue weighted by Gasteiger charge is -2.20. The lowest BCUT2D eigenvalue weighted by atomic mass is 10.2. The number of amides is 2. The van der Waals surface area contributed by atoms with Crippen molar-refractivity contribution in [1.29, 1.82) is 0 Å². The van der Waals surface area contributed by atoms with Crippen molar-refractivity contribution >= 4 is 39.1 Å². The van der Waals surface area contributed by atoms with Gasteiger partial charge in [-0.3, -0.25) is 9.59 Å². The number of nitrogens with one attached hydrogen (secondary N) is 3. The Kier molecular flexibility index (Phi) is 6.73. The molecule has 2 atom stereocenters. The molecule has 3 N–H and O–H groups in total. The summed E-state index contributed by atoms with van der Waals surface area (Å²) < 4.78 is 0.953. The second kappa shape index (κ2) is 8.78. The third kappa shape index (κ3) is 5.99. The van der Waals surface area contributed by atoms with Crippen LogP contribution < -0.4 is 15.5 Å². The zero-order chi connectivity index (χ0) is 18.4. The quantitative estimate of drug-likeness (QED) is 0.691. The van der Waals surface area contributed by atoms with Gasteiger partial charge in [-0.15, -0.1) is 0 Å². The Bertz CT molecular complexity index is 729. The summed E-state index contributed by atoms with van der Waals surface area (Å²) in [6.07, 6.45) is 0. The minimum atomic E-state index is -0.354. The van der Waals surface area contributed by atoms with Crippen molar-refractivity contribution in [2.45, 2.75) is 19.9 Å². The van der Waals surface area contributed by atoms with Gasteiger partial charge in [0, 0.05) is 15.8 Å². The Balaban J connectivity index is 1.86. The van der Waals surface area contributed by atoms with E-state index < -0.39 is 0 Å². The van der Waals surface area contributed by atoms with E-state index in [1.54, 1.807) is 0 Å². The first kappa shape index (κ1) is 19.1. The van der Waals surface area contributed by atoms with Gasteiger partial charge in [0.25, 0.3) is 11.8 Å². The molecule has 0 aliphatic rings. The molecule has 1 unspecified atom stereocenters. The van der Waals surface area contributed by atoms with Crippen LogP contribution in [-0.4, -0.2) is 31.4 Å². The van der Waals surface area contributed by atoms with Gasteiger partial charge in [0.05, 0.1) is 7.05 Å². The molecule has 6 heteroatoms. The first-order valence-corrected chi connectivity index (χ1v) is 8.89. The summed E-state index contributed by atoms with van der Waals surface area (Å²) in [6.45, 7) is 4.01. The number of hydrogen-bond acceptors (Lipinski definition) is 2. The predicted molar refractivity (Wildman–Crippen MR) is 104 cm³/mol. The summed E-state index contributed by atoms with van der Waals surface area (Å²) >= 11 is 3.36. The van der Waals surface area contributed by atoms with Gasteiger partial charge in [-0.05, 0) is 50.2 Å². The Hall–Kier alpha value is -2.18. The van der Waals surface area contributed by atoms with Gasteiger partial charge in [-0.1, -0.05) is 33.6 Å². The van der Waals surface area contributed by atoms with Gasteiger partial charge >= 0.3 is 0 Å². The molecule has 0 fully saturated rings. The van der Waals surface area contributed by atoms with Crippen LogP contribution in [0.3, 0.4) is 0 Å². The monoisotopic (exact) mass is 404 g/mol. The third-order valence-electron chi connectivity index (χ3n) is 4.02. The number of likely N-dealkylation sites (N-methyl/N-ethyl adjacent to an activating group) is 1. The molecule has 5 nitrogen and oxygen atoms in total. The van der Waals surface area contributed by atoms with Crippen molar-refractivity contribution in [3.63, 3.8) is 0 Å². The smallest absolute Gasteiger partial charge is 0.282 e. The summed E-state index contributed by atoms with van der Waals surface area (Å²) in [5, 5.41) is 5.72. The Labute approximate surface area is 156 Å². The van der Waals surface area contributed by atoms with Gasteiger partial charge in [0.15, 0.2) is 12.6 Å². The second-order valence-corrected chi connectivity index (χ2v) is 7.07. The van der Waals surface area contributed by atoms with Crippen molar-refractivity contribution in [2.75, 3.05) is 24.2 Å². The van der Waals surface area contributed by atoms with Crippen LogP contribution in [0.2, 0.25) is 0 Å². The van der Waals surface area contributed by atoms with E-state index in [1.165, 1.54) is 0 Å². The molecule has 0 spiro atoms. The van der Waals surface area contributed by atoms with Crippen molar-refractivity contribution < 1.29 is 14.5 Å². The molecule has 0 aromatic heterocycles. The zero-order valence-electron chi connectivity index (χ0n) is 14.6. The van der Waals surface area contributed by atoms with Crippen LogP contribution in [0.25, 0.3) is 0 Å². The molecule has 0 saturated carbocycles. The topological polar surface area (TPSA) is 62.6 Å². The Morgan fingerprint density at radius 2 is 1.52 bits per heavy atom. The molecule has 2 aromatic rings. The predicted octanol–water partition coefficient (Wildman–Crippen LogP) is 2.24. The molecule has 2 amide bonds. The van der Waals surface area contributed by atoms with Crippen molar-refractivity contribution in [3.8, 4) is 0 Å². The highest BCUT2D eigenvalue weighted by molar-refractivity contribution is 9.10. The van der Waals surface area contributed by atoms with E-state index in [9.17, 15) is 9.59 Å². The van der Waals surface area contributed by atoms with Crippen LogP contribution in [0.5, 0.6) is 0 Å². The molecule has 0 heterocycles. The fourth-order valence-electron chi connectivity index (χ4n) is 2.26. The molecule has 2 rings (SSSR count). The summed E-state index contributed by atoms with van der Waals surface area (Å²) in [5.41, 5.74) is 2.63. The number of rotatable bonds is 6. The minimum absolute atomic E-state index is 0.121. The maximum Gasteiger partial charge on any atom is 0.282 e. The maximum atomic E-state index is 12.3. The second-order valence-electron chi connectivity index (χ2n) is 6.16. The molecule has 2 aromatic carbocycles. The van der Waals surface area contributed by atoms with E-state index in [1.807, 2.05) is 69.4 Å². The van der Waals surface area contributed by atoms with E-state index in [0.717, 1.165) is 26.3 Å². The molecule has 0 aliphatic carbocycles. The number of quaternary nitrogens is 1. The summed E-state index contributed by atoms with van der Waals surface area (Å²) in [5.74, 6) is -0.243. The third-order valence-corrected chi connectivity index (χ3v) is 4.55. The van der Waals surface area contributed by atoms with Crippen LogP contribution in [0, 0.1) is 6.92 Å². The number of hydrogen-bond donors (Lipinski definition) is 3. The van der Waals surface area contributed by atoms with Crippen LogP contribution >= 0.6 is 15.9 Å². The molecule has 0 bridgehead atoms. The number of carbonyl (C=O) groups excluding carboxylic acids is 2. The molecular weight excluding hydrogens is 382 g/mol. The minimum Gasteiger partial charge on any atom is -0.321 e. The van der Waals surface area contributed by atoms with Crippen molar-refractivity contribution in [1.82, 2.24) is 0 Å². The van der Waals surface area contributed by atoms with Gasteiger partial charge in [-0.25, -0.2) is 0 Å². The van der Waals surface area contributed by atoms with E-state index >= 15 is 0 Å². The summed E-state index contributed by atoms with van der Waals surface area (Å²) in [7, 11) is 1.83. The average molecular weight is 405 g/mol. The number of carbonyl (C=O) groups is 2. The van der Waals surface area contributed by atoms with Gasteiger partial charge in [0.1, 0.15) is 0 Å². The van der Waals surface area contributed by atoms with Crippen LogP contribution in [-0.2, 0) is 9.59 Å². The number of aryl methyl sites for hydroxylation is 1. The van der Waals surface area contributed by atoms with E-state index in [4.69, 9.17) is 0 Å². The van der Waals surface area contributed by atoms with E-state index in [0.29, 0.717) is 0 Å². The molecule has 0 saturated heterocycles. The standard InChI is InChI=1S/C19H22BrN3O2/c1-13-4-8-16(9-5-13)21-18(24)12-23(3)14(2)19(25)22-17-10-6-15(20)7-11-17/h4-11,14H,12H2,1-3H3,(H,21,24)(H,22,25)/p+1/t14-/m0/s1. The zero-order valence-corrected chi connectivity index (χ0v) is 16.2. The molecular formula is C19H23BrN3O2+. The number of benzene rings is 2. The highest BCUT2D eigenvalue weighted by Crippen LogP contribution is 2.14.